The lowest BCUT2D eigenvalue weighted by atomic mass is 9.88. The molecule has 0 spiro atoms. The van der Waals surface area contributed by atoms with E-state index in [0.29, 0.717) is 6.42 Å². The number of ether oxygens (including phenoxy) is 1. The molecule has 0 saturated heterocycles. The summed E-state index contributed by atoms with van der Waals surface area (Å²) in [6.07, 6.45) is 4.52. The summed E-state index contributed by atoms with van der Waals surface area (Å²) in [7, 11) is 6.62. The van der Waals surface area contributed by atoms with Crippen LogP contribution in [0.25, 0.3) is 0 Å². The number of nitrogens with zero attached hydrogens (tertiary/aromatic N) is 1. The number of esters is 1. The van der Waals surface area contributed by atoms with Gasteiger partial charge >= 0.3 is 5.97 Å². The van der Waals surface area contributed by atoms with Gasteiger partial charge in [-0.3, -0.25) is 9.59 Å². The largest absolute Gasteiger partial charge is 0.469 e. The number of hydrogen-bond donors (Lipinski definition) is 1. The Bertz CT molecular complexity index is 397. The zero-order valence-corrected chi connectivity index (χ0v) is 11.3. The molecule has 0 aromatic heterocycles. The average Bonchev–Trinajstić information content (AvgIpc) is 2.37. The van der Waals surface area contributed by atoms with Gasteiger partial charge in [0.05, 0.1) is 19.4 Å². The first-order chi connectivity index (χ1) is 8.49. The van der Waals surface area contributed by atoms with Crippen molar-refractivity contribution in [3.8, 4) is 0 Å². The Hall–Kier alpha value is -1.78. The van der Waals surface area contributed by atoms with Gasteiger partial charge < -0.3 is 15.0 Å². The van der Waals surface area contributed by atoms with Crippen LogP contribution in [0.2, 0.25) is 0 Å². The van der Waals surface area contributed by atoms with Crippen LogP contribution < -0.4 is 5.32 Å². The number of allylic oxidation sites excluding steroid dienone is 2. The fraction of sp³-hybridized carbons (Fsp3) is 0.538. The quantitative estimate of drug-likeness (QED) is 0.748. The third-order valence-electron chi connectivity index (χ3n) is 2.97. The van der Waals surface area contributed by atoms with Gasteiger partial charge in [0.1, 0.15) is 0 Å². The predicted molar refractivity (Wildman–Crippen MR) is 68.7 cm³/mol. The molecule has 0 aromatic carbocycles. The van der Waals surface area contributed by atoms with E-state index >= 15 is 0 Å². The number of amides is 1. The fourth-order valence-corrected chi connectivity index (χ4v) is 1.94. The summed E-state index contributed by atoms with van der Waals surface area (Å²) in [5.41, 5.74) is 1.79. The third kappa shape index (κ3) is 3.35. The molecule has 0 saturated carbocycles. The van der Waals surface area contributed by atoms with E-state index < -0.39 is 0 Å². The molecule has 1 N–H and O–H groups in total. The highest BCUT2D eigenvalue weighted by Gasteiger charge is 2.27. The maximum atomic E-state index is 12.1. The molecular formula is C13H20N2O3. The van der Waals surface area contributed by atoms with Crippen molar-refractivity contribution in [2.45, 2.75) is 12.8 Å². The van der Waals surface area contributed by atoms with Crippen molar-refractivity contribution in [2.24, 2.45) is 5.92 Å². The molecular weight excluding hydrogens is 232 g/mol. The zero-order valence-electron chi connectivity index (χ0n) is 11.3. The Labute approximate surface area is 107 Å². The molecule has 1 atom stereocenters. The molecule has 0 bridgehead atoms. The van der Waals surface area contributed by atoms with E-state index in [4.69, 9.17) is 0 Å². The first-order valence-corrected chi connectivity index (χ1v) is 5.85. The second-order valence-electron chi connectivity index (χ2n) is 4.44. The lowest BCUT2D eigenvalue weighted by Crippen LogP contribution is -2.35. The topological polar surface area (TPSA) is 58.6 Å². The van der Waals surface area contributed by atoms with Crippen molar-refractivity contribution >= 4 is 11.9 Å². The summed E-state index contributed by atoms with van der Waals surface area (Å²) in [5.74, 6) is -0.487. The maximum Gasteiger partial charge on any atom is 0.309 e. The Morgan fingerprint density at radius 2 is 2.11 bits per heavy atom. The van der Waals surface area contributed by atoms with Crippen LogP contribution in [0, 0.1) is 5.92 Å². The van der Waals surface area contributed by atoms with Gasteiger partial charge in [-0.05, 0) is 12.5 Å². The van der Waals surface area contributed by atoms with Crippen molar-refractivity contribution in [3.63, 3.8) is 0 Å². The highest BCUT2D eigenvalue weighted by Crippen LogP contribution is 2.27. The van der Waals surface area contributed by atoms with Crippen LogP contribution in [0.15, 0.2) is 23.4 Å². The summed E-state index contributed by atoms with van der Waals surface area (Å²) >= 11 is 0. The normalized spacial score (nSPS) is 18.6. The van der Waals surface area contributed by atoms with E-state index in [-0.39, 0.29) is 24.2 Å². The Morgan fingerprint density at radius 3 is 2.61 bits per heavy atom. The van der Waals surface area contributed by atoms with Crippen LogP contribution in [0.1, 0.15) is 12.8 Å². The van der Waals surface area contributed by atoms with Crippen LogP contribution in [0.5, 0.6) is 0 Å². The molecule has 1 amide bonds. The molecule has 1 unspecified atom stereocenters. The maximum absolute atomic E-state index is 12.1. The number of nitrogens with one attached hydrogen (secondary N) is 1. The van der Waals surface area contributed by atoms with Gasteiger partial charge in [-0.15, -0.1) is 0 Å². The van der Waals surface area contributed by atoms with Gasteiger partial charge in [0, 0.05) is 26.8 Å². The first-order valence-electron chi connectivity index (χ1n) is 5.85. The van der Waals surface area contributed by atoms with Crippen LogP contribution >= 0.6 is 0 Å². The minimum absolute atomic E-state index is 0.0334. The highest BCUT2D eigenvalue weighted by molar-refractivity contribution is 5.82. The van der Waals surface area contributed by atoms with Crippen molar-refractivity contribution in [1.29, 1.82) is 0 Å². The van der Waals surface area contributed by atoms with Crippen LogP contribution in [-0.2, 0) is 14.3 Å². The summed E-state index contributed by atoms with van der Waals surface area (Å²) in [6.45, 7) is 0. The Morgan fingerprint density at radius 1 is 1.44 bits per heavy atom. The van der Waals surface area contributed by atoms with Crippen LogP contribution in [0.4, 0.5) is 0 Å². The zero-order chi connectivity index (χ0) is 13.7. The van der Waals surface area contributed by atoms with E-state index in [2.05, 4.69) is 10.1 Å². The van der Waals surface area contributed by atoms with E-state index in [0.717, 1.165) is 11.3 Å². The number of carbonyl (C=O) groups excluding carboxylic acids is 2. The van der Waals surface area contributed by atoms with Crippen LogP contribution in [-0.4, -0.2) is 45.0 Å². The number of methoxy groups -OCH3 is 1. The number of carbonyl (C=O) groups is 2. The van der Waals surface area contributed by atoms with Gasteiger partial charge in [0.2, 0.25) is 5.91 Å². The lowest BCUT2D eigenvalue weighted by Gasteiger charge is -2.26. The van der Waals surface area contributed by atoms with Crippen molar-refractivity contribution in [3.05, 3.63) is 23.4 Å². The summed E-state index contributed by atoms with van der Waals surface area (Å²) in [4.78, 5) is 24.9. The standard InChI is InChI=1S/C13H20N2O3/c1-14-11-6-5-9(8-12(16)18-4)7-10(11)13(17)15(2)3/h5-6,10,14H,7-8H2,1-4H3. The van der Waals surface area contributed by atoms with Gasteiger partial charge in [0.25, 0.3) is 0 Å². The molecule has 1 aliphatic rings. The second kappa shape index (κ2) is 6.23. The highest BCUT2D eigenvalue weighted by atomic mass is 16.5. The minimum atomic E-state index is -0.279. The predicted octanol–water partition coefficient (Wildman–Crippen LogP) is 0.687. The molecule has 0 heterocycles. The Kier molecular flexibility index (Phi) is 4.95. The van der Waals surface area contributed by atoms with Crippen molar-refractivity contribution < 1.29 is 14.3 Å². The van der Waals surface area contributed by atoms with E-state index in [1.54, 1.807) is 26.0 Å². The van der Waals surface area contributed by atoms with E-state index in [1.807, 2.05) is 12.2 Å². The lowest BCUT2D eigenvalue weighted by molar-refractivity contribution is -0.140. The Balaban J connectivity index is 2.84. The monoisotopic (exact) mass is 252 g/mol. The molecule has 0 aliphatic heterocycles. The first kappa shape index (κ1) is 14.3. The summed E-state index contributed by atoms with van der Waals surface area (Å²) in [6, 6.07) is 0. The molecule has 0 aromatic rings. The van der Waals surface area contributed by atoms with Crippen LogP contribution in [0.3, 0.4) is 0 Å². The second-order valence-corrected chi connectivity index (χ2v) is 4.44. The molecule has 1 rings (SSSR count). The molecule has 5 nitrogen and oxygen atoms in total. The average molecular weight is 252 g/mol. The number of hydrogen-bond acceptors (Lipinski definition) is 4. The molecule has 1 aliphatic carbocycles. The molecule has 100 valence electrons. The molecule has 0 radical (unpaired) electrons. The van der Waals surface area contributed by atoms with Gasteiger partial charge in [-0.2, -0.15) is 0 Å². The fourth-order valence-electron chi connectivity index (χ4n) is 1.94. The molecule has 0 fully saturated rings. The van der Waals surface area contributed by atoms with Gasteiger partial charge in [-0.25, -0.2) is 0 Å². The van der Waals surface area contributed by atoms with Gasteiger partial charge in [-0.1, -0.05) is 11.6 Å². The smallest absolute Gasteiger partial charge is 0.309 e. The van der Waals surface area contributed by atoms with E-state index in [1.165, 1.54) is 7.11 Å². The minimum Gasteiger partial charge on any atom is -0.469 e. The molecule has 18 heavy (non-hydrogen) atoms. The summed E-state index contributed by atoms with van der Waals surface area (Å²) in [5, 5.41) is 3.03. The van der Waals surface area contributed by atoms with Crippen molar-refractivity contribution in [2.75, 3.05) is 28.3 Å². The van der Waals surface area contributed by atoms with Gasteiger partial charge in [0.15, 0.2) is 0 Å². The summed E-state index contributed by atoms with van der Waals surface area (Å²) < 4.78 is 4.64. The molecule has 5 heteroatoms. The third-order valence-corrected chi connectivity index (χ3v) is 2.97. The number of rotatable bonds is 4. The SMILES string of the molecule is CNC1=CC=C(CC(=O)OC)CC1C(=O)N(C)C. The van der Waals surface area contributed by atoms with E-state index in [9.17, 15) is 9.59 Å². The van der Waals surface area contributed by atoms with Crippen molar-refractivity contribution in [1.82, 2.24) is 10.2 Å².